The SMILES string of the molecule is CCOC(=O)[C@H](Cc1ccccc1)N(C)CC(=O)NCc1ccco1. The van der Waals surface area contributed by atoms with Crippen molar-refractivity contribution in [1.29, 1.82) is 0 Å². The third-order valence-electron chi connectivity index (χ3n) is 3.80. The molecule has 0 aliphatic heterocycles. The summed E-state index contributed by atoms with van der Waals surface area (Å²) in [6.07, 6.45) is 2.05. The van der Waals surface area contributed by atoms with Crippen LogP contribution in [0, 0.1) is 0 Å². The highest BCUT2D eigenvalue weighted by atomic mass is 16.5. The molecule has 6 heteroatoms. The highest BCUT2D eigenvalue weighted by Gasteiger charge is 2.26. The number of nitrogens with one attached hydrogen (secondary N) is 1. The predicted molar refractivity (Wildman–Crippen MR) is 93.8 cm³/mol. The molecule has 1 aromatic heterocycles. The van der Waals surface area contributed by atoms with Crippen molar-refractivity contribution in [3.05, 3.63) is 60.1 Å². The lowest BCUT2D eigenvalue weighted by atomic mass is 10.0. The van der Waals surface area contributed by atoms with Crippen molar-refractivity contribution in [2.45, 2.75) is 25.9 Å². The van der Waals surface area contributed by atoms with Gasteiger partial charge in [0.25, 0.3) is 0 Å². The van der Waals surface area contributed by atoms with E-state index in [-0.39, 0.29) is 18.4 Å². The van der Waals surface area contributed by atoms with Crippen LogP contribution in [0.3, 0.4) is 0 Å². The van der Waals surface area contributed by atoms with Crippen molar-refractivity contribution in [2.75, 3.05) is 20.2 Å². The van der Waals surface area contributed by atoms with E-state index in [1.807, 2.05) is 30.3 Å². The second-order valence-corrected chi connectivity index (χ2v) is 5.73. The van der Waals surface area contributed by atoms with Crippen LogP contribution in [0.25, 0.3) is 0 Å². The first-order valence-corrected chi connectivity index (χ1v) is 8.30. The highest BCUT2D eigenvalue weighted by molar-refractivity contribution is 5.80. The molecular weight excluding hydrogens is 320 g/mol. The van der Waals surface area contributed by atoms with Crippen LogP contribution in [0.15, 0.2) is 53.1 Å². The Bertz CT molecular complexity index is 655. The van der Waals surface area contributed by atoms with Crippen molar-refractivity contribution in [1.82, 2.24) is 10.2 Å². The first kappa shape index (κ1) is 18.7. The molecule has 0 unspecified atom stereocenters. The lowest BCUT2D eigenvalue weighted by Crippen LogP contribution is -2.46. The van der Waals surface area contributed by atoms with Gasteiger partial charge in [0.05, 0.1) is 26.0 Å². The van der Waals surface area contributed by atoms with Gasteiger partial charge in [-0.1, -0.05) is 30.3 Å². The van der Waals surface area contributed by atoms with Gasteiger partial charge < -0.3 is 14.5 Å². The molecule has 6 nitrogen and oxygen atoms in total. The predicted octanol–water partition coefficient (Wildman–Crippen LogP) is 2.00. The molecule has 1 N–H and O–H groups in total. The molecule has 0 saturated heterocycles. The maximum atomic E-state index is 12.3. The van der Waals surface area contributed by atoms with Gasteiger partial charge >= 0.3 is 5.97 Å². The number of rotatable bonds is 9. The van der Waals surface area contributed by atoms with Crippen LogP contribution in [0.4, 0.5) is 0 Å². The van der Waals surface area contributed by atoms with Gasteiger partial charge in [-0.05, 0) is 38.1 Å². The third kappa shape index (κ3) is 6.08. The summed E-state index contributed by atoms with van der Waals surface area (Å²) in [7, 11) is 1.75. The number of carbonyl (C=O) groups is 2. The van der Waals surface area contributed by atoms with Gasteiger partial charge in [0.2, 0.25) is 5.91 Å². The molecule has 0 saturated carbocycles. The fourth-order valence-corrected chi connectivity index (χ4v) is 2.49. The average Bonchev–Trinajstić information content (AvgIpc) is 3.12. The van der Waals surface area contributed by atoms with Crippen LogP contribution in [0.2, 0.25) is 0 Å². The highest BCUT2D eigenvalue weighted by Crippen LogP contribution is 2.10. The number of amides is 1. The third-order valence-corrected chi connectivity index (χ3v) is 3.80. The van der Waals surface area contributed by atoms with E-state index >= 15 is 0 Å². The van der Waals surface area contributed by atoms with Crippen LogP contribution in [0.5, 0.6) is 0 Å². The molecule has 0 radical (unpaired) electrons. The van der Waals surface area contributed by atoms with Crippen molar-refractivity contribution < 1.29 is 18.7 Å². The molecule has 2 aromatic rings. The molecular formula is C19H24N2O4. The average molecular weight is 344 g/mol. The Morgan fingerprint density at radius 2 is 1.96 bits per heavy atom. The van der Waals surface area contributed by atoms with Crippen molar-refractivity contribution in [3.63, 3.8) is 0 Å². The Kier molecular flexibility index (Phi) is 7.22. The smallest absolute Gasteiger partial charge is 0.323 e. The topological polar surface area (TPSA) is 71.8 Å². The number of benzene rings is 1. The van der Waals surface area contributed by atoms with Gasteiger partial charge in [-0.15, -0.1) is 0 Å². The van der Waals surface area contributed by atoms with Gasteiger partial charge in [-0.25, -0.2) is 0 Å². The Hall–Kier alpha value is -2.60. The summed E-state index contributed by atoms with van der Waals surface area (Å²) in [4.78, 5) is 26.2. The van der Waals surface area contributed by atoms with E-state index in [1.165, 1.54) is 0 Å². The number of ether oxygens (including phenoxy) is 1. The maximum Gasteiger partial charge on any atom is 0.323 e. The lowest BCUT2D eigenvalue weighted by Gasteiger charge is -2.25. The van der Waals surface area contributed by atoms with Gasteiger partial charge in [-0.2, -0.15) is 0 Å². The molecule has 2 rings (SSSR count). The Labute approximate surface area is 147 Å². The largest absolute Gasteiger partial charge is 0.467 e. The summed E-state index contributed by atoms with van der Waals surface area (Å²) >= 11 is 0. The van der Waals surface area contributed by atoms with Gasteiger partial charge in [0.1, 0.15) is 11.8 Å². The molecule has 1 aromatic carbocycles. The van der Waals surface area contributed by atoms with E-state index in [9.17, 15) is 9.59 Å². The first-order valence-electron chi connectivity index (χ1n) is 8.30. The van der Waals surface area contributed by atoms with Crippen LogP contribution in [-0.2, 0) is 27.3 Å². The van der Waals surface area contributed by atoms with E-state index in [2.05, 4.69) is 5.32 Å². The van der Waals surface area contributed by atoms with E-state index in [4.69, 9.17) is 9.15 Å². The van der Waals surface area contributed by atoms with Crippen molar-refractivity contribution in [3.8, 4) is 0 Å². The van der Waals surface area contributed by atoms with E-state index in [1.54, 1.807) is 37.3 Å². The molecule has 1 amide bonds. The van der Waals surface area contributed by atoms with Gasteiger partial charge in [0.15, 0.2) is 0 Å². The van der Waals surface area contributed by atoms with Gasteiger partial charge in [-0.3, -0.25) is 14.5 Å². The molecule has 1 heterocycles. The lowest BCUT2D eigenvalue weighted by molar-refractivity contribution is -0.149. The van der Waals surface area contributed by atoms with Crippen LogP contribution >= 0.6 is 0 Å². The fourth-order valence-electron chi connectivity index (χ4n) is 2.49. The quantitative estimate of drug-likeness (QED) is 0.705. The Morgan fingerprint density at radius 1 is 1.20 bits per heavy atom. The van der Waals surface area contributed by atoms with Crippen LogP contribution in [-0.4, -0.2) is 43.0 Å². The summed E-state index contributed by atoms with van der Waals surface area (Å²) < 4.78 is 10.4. The van der Waals surface area contributed by atoms with Crippen LogP contribution in [0.1, 0.15) is 18.2 Å². The summed E-state index contributed by atoms with van der Waals surface area (Å²) in [5.41, 5.74) is 1.02. The van der Waals surface area contributed by atoms with E-state index in [0.717, 1.165) is 5.56 Å². The molecule has 0 bridgehead atoms. The molecule has 0 aliphatic carbocycles. The normalized spacial score (nSPS) is 12.0. The maximum absolute atomic E-state index is 12.3. The minimum atomic E-state index is -0.517. The zero-order chi connectivity index (χ0) is 18.1. The van der Waals surface area contributed by atoms with Crippen LogP contribution < -0.4 is 5.32 Å². The fraction of sp³-hybridized carbons (Fsp3) is 0.368. The first-order chi connectivity index (χ1) is 12.1. The monoisotopic (exact) mass is 344 g/mol. The standard InChI is InChI=1S/C19H24N2O4/c1-3-24-19(23)17(12-15-8-5-4-6-9-15)21(2)14-18(22)20-13-16-10-7-11-25-16/h4-11,17H,3,12-14H2,1-2H3,(H,20,22)/t17-/m0/s1. The number of hydrogen-bond acceptors (Lipinski definition) is 5. The number of hydrogen-bond donors (Lipinski definition) is 1. The van der Waals surface area contributed by atoms with Crippen molar-refractivity contribution >= 4 is 11.9 Å². The summed E-state index contributed by atoms with van der Waals surface area (Å²) in [5.74, 6) is 0.177. The van der Waals surface area contributed by atoms with Crippen molar-refractivity contribution in [2.24, 2.45) is 0 Å². The summed E-state index contributed by atoms with van der Waals surface area (Å²) in [6, 6.07) is 12.7. The molecule has 0 spiro atoms. The Balaban J connectivity index is 1.94. The molecule has 0 fully saturated rings. The van der Waals surface area contributed by atoms with E-state index in [0.29, 0.717) is 25.3 Å². The number of nitrogens with zero attached hydrogens (tertiary/aromatic N) is 1. The minimum Gasteiger partial charge on any atom is -0.467 e. The minimum absolute atomic E-state index is 0.0943. The number of likely N-dealkylation sites (N-methyl/N-ethyl adjacent to an activating group) is 1. The van der Waals surface area contributed by atoms with E-state index < -0.39 is 6.04 Å². The molecule has 25 heavy (non-hydrogen) atoms. The molecule has 134 valence electrons. The second kappa shape index (κ2) is 9.64. The second-order valence-electron chi connectivity index (χ2n) is 5.73. The summed E-state index contributed by atoms with van der Waals surface area (Å²) in [6.45, 7) is 2.50. The van der Waals surface area contributed by atoms with Gasteiger partial charge in [0, 0.05) is 0 Å². The zero-order valence-corrected chi connectivity index (χ0v) is 14.6. The number of furan rings is 1. The molecule has 1 atom stereocenters. The number of esters is 1. The number of carbonyl (C=O) groups excluding carboxylic acids is 2. The Morgan fingerprint density at radius 3 is 2.60 bits per heavy atom. The molecule has 0 aliphatic rings. The summed E-state index contributed by atoms with van der Waals surface area (Å²) in [5, 5.41) is 2.78. The zero-order valence-electron chi connectivity index (χ0n) is 14.6.